The van der Waals surface area contributed by atoms with Gasteiger partial charge in [0.15, 0.2) is 0 Å². The van der Waals surface area contributed by atoms with E-state index in [9.17, 15) is 33.1 Å². The van der Waals surface area contributed by atoms with Crippen molar-refractivity contribution in [2.45, 2.75) is 38.1 Å². The maximum atomic E-state index is 12.0. The van der Waals surface area contributed by atoms with E-state index in [1.165, 1.54) is 13.1 Å². The molecule has 0 aliphatic carbocycles. The summed E-state index contributed by atoms with van der Waals surface area (Å²) in [6.45, 7) is 1.44. The van der Waals surface area contributed by atoms with Crippen LogP contribution in [0.1, 0.15) is 24.6 Å². The Morgan fingerprint density at radius 3 is 2.52 bits per heavy atom. The highest BCUT2D eigenvalue weighted by atomic mass is 31.3. The number of nitrogens with zero attached hydrogens (tertiary/aromatic N) is 4. The molecule has 2 heterocycles. The molecule has 5 N–H and O–H groups in total. The van der Waals surface area contributed by atoms with E-state index >= 15 is 0 Å². The topological polar surface area (TPSA) is 263 Å². The van der Waals surface area contributed by atoms with Gasteiger partial charge in [-0.2, -0.15) is 4.31 Å². The van der Waals surface area contributed by atoms with Crippen molar-refractivity contribution in [2.24, 2.45) is 5.11 Å². The third kappa shape index (κ3) is 7.49. The Kier molecular flexibility index (Phi) is 7.85. The average Bonchev–Trinajstić information content (AvgIpc) is 2.96. The van der Waals surface area contributed by atoms with Crippen LogP contribution in [0.25, 0.3) is 10.4 Å². The smallest absolute Gasteiger partial charge is 0.354 e. The van der Waals surface area contributed by atoms with E-state index < -0.39 is 59.0 Å². The number of aryl methyl sites for hydroxylation is 1. The predicted octanol–water partition coefficient (Wildman–Crippen LogP) is 0.613. The monoisotopic (exact) mass is 505 g/mol. The van der Waals surface area contributed by atoms with Crippen LogP contribution in [0.3, 0.4) is 0 Å². The lowest BCUT2D eigenvalue weighted by atomic mass is 10.1. The Morgan fingerprint density at radius 1 is 1.29 bits per heavy atom. The number of aromatic nitrogens is 2. The molecule has 0 spiro atoms. The van der Waals surface area contributed by atoms with Crippen molar-refractivity contribution in [2.75, 3.05) is 6.16 Å². The van der Waals surface area contributed by atoms with Crippen LogP contribution >= 0.6 is 23.2 Å². The largest absolute Gasteiger partial charge is 0.488 e. The third-order valence-electron chi connectivity index (χ3n) is 4.00. The summed E-state index contributed by atoms with van der Waals surface area (Å²) in [5.41, 5.74) is 7.52. The minimum Gasteiger partial charge on any atom is -0.354 e. The Morgan fingerprint density at radius 2 is 1.94 bits per heavy atom. The maximum Gasteiger partial charge on any atom is 0.488 e. The van der Waals surface area contributed by atoms with Gasteiger partial charge in [0, 0.05) is 23.1 Å². The van der Waals surface area contributed by atoms with Gasteiger partial charge in [-0.1, -0.05) is 5.11 Å². The standard InChI is InChI=1S/C11H18N5O12P3/c1-6-5-16(11(18)13-10(6)17)9-4-7(14-15-12)8(26-9)2-3-29(19,20)27-31(24,25)28-30(21,22)23/h5,7-9H,2-4H2,1H3,(H,19,20)(H,24,25)(H,13,17,18)(H2,21,22,23)/t7-,8+,9+/m0/s1. The van der Waals surface area contributed by atoms with Gasteiger partial charge in [0.1, 0.15) is 6.23 Å². The van der Waals surface area contributed by atoms with Crippen molar-refractivity contribution < 1.29 is 46.6 Å². The molecule has 2 unspecified atom stereocenters. The highest BCUT2D eigenvalue weighted by Crippen LogP contribution is 2.66. The average molecular weight is 505 g/mol. The van der Waals surface area contributed by atoms with Gasteiger partial charge in [0.2, 0.25) is 0 Å². The lowest BCUT2D eigenvalue weighted by Crippen LogP contribution is -2.33. The molecule has 1 aliphatic rings. The van der Waals surface area contributed by atoms with Crippen molar-refractivity contribution in [1.29, 1.82) is 0 Å². The molecule has 0 saturated carbocycles. The molecule has 0 aromatic carbocycles. The van der Waals surface area contributed by atoms with E-state index in [0.717, 1.165) is 4.57 Å². The minimum atomic E-state index is -5.58. The molecule has 1 aromatic rings. The Hall–Kier alpha value is -1.60. The van der Waals surface area contributed by atoms with E-state index in [-0.39, 0.29) is 18.4 Å². The molecular weight excluding hydrogens is 487 g/mol. The zero-order valence-corrected chi connectivity index (χ0v) is 18.3. The number of hydrogen-bond donors (Lipinski definition) is 5. The number of ether oxygens (including phenoxy) is 1. The third-order valence-corrected chi connectivity index (χ3v) is 8.34. The summed E-state index contributed by atoms with van der Waals surface area (Å²) in [4.78, 5) is 64.2. The lowest BCUT2D eigenvalue weighted by molar-refractivity contribution is -0.00429. The molecule has 0 bridgehead atoms. The van der Waals surface area contributed by atoms with Crippen LogP contribution in [0.2, 0.25) is 0 Å². The number of nitrogens with one attached hydrogen (secondary N) is 1. The number of hydrogen-bond acceptors (Lipinski definition) is 9. The number of phosphoric acid groups is 2. The van der Waals surface area contributed by atoms with Crippen molar-refractivity contribution in [3.05, 3.63) is 43.0 Å². The first-order valence-corrected chi connectivity index (χ1v) is 13.1. The van der Waals surface area contributed by atoms with Gasteiger partial charge in [-0.15, -0.1) is 0 Å². The summed E-state index contributed by atoms with van der Waals surface area (Å²) in [6.07, 6.45) is -2.06. The molecule has 1 fully saturated rings. The minimum absolute atomic E-state index is 0.0312. The van der Waals surface area contributed by atoms with E-state index in [0.29, 0.717) is 0 Å². The fraction of sp³-hybridized carbons (Fsp3) is 0.636. The van der Waals surface area contributed by atoms with Crippen molar-refractivity contribution in [3.8, 4) is 0 Å². The van der Waals surface area contributed by atoms with Gasteiger partial charge in [0.25, 0.3) is 5.56 Å². The van der Waals surface area contributed by atoms with E-state index in [4.69, 9.17) is 20.1 Å². The SMILES string of the molecule is Cc1cn([C@H]2C[C@H](N=[N+]=[N-])[C@@H](CCP(=O)(O)OP(=O)(O)OP(=O)(O)O)O2)c(=O)[nH]c1=O. The van der Waals surface area contributed by atoms with E-state index in [2.05, 4.69) is 23.6 Å². The first-order valence-electron chi connectivity index (χ1n) is 8.27. The van der Waals surface area contributed by atoms with Crippen LogP contribution < -0.4 is 11.2 Å². The number of azide groups is 1. The summed E-state index contributed by atoms with van der Waals surface area (Å²) in [5.74, 6) is 0. The van der Waals surface area contributed by atoms with Gasteiger partial charge in [-0.05, 0) is 18.9 Å². The van der Waals surface area contributed by atoms with Crippen LogP contribution in [-0.4, -0.2) is 47.4 Å². The van der Waals surface area contributed by atoms with Gasteiger partial charge in [-0.25, -0.2) is 18.2 Å². The quantitative estimate of drug-likeness (QED) is 0.134. The molecule has 0 radical (unpaired) electrons. The Balaban J connectivity index is 2.14. The molecule has 2 rings (SSSR count). The van der Waals surface area contributed by atoms with Gasteiger partial charge in [0.05, 0.1) is 18.3 Å². The molecule has 31 heavy (non-hydrogen) atoms. The molecule has 5 atom stereocenters. The second-order valence-electron chi connectivity index (χ2n) is 6.39. The van der Waals surface area contributed by atoms with Crippen LogP contribution in [0.5, 0.6) is 0 Å². The molecule has 20 heteroatoms. The maximum absolute atomic E-state index is 12.0. The normalized spacial score (nSPS) is 25.4. The van der Waals surface area contributed by atoms with Gasteiger partial charge < -0.3 is 24.3 Å². The Bertz CT molecular complexity index is 1140. The number of H-pyrrole nitrogens is 1. The van der Waals surface area contributed by atoms with Crippen LogP contribution in [0.15, 0.2) is 20.9 Å². The second-order valence-corrected chi connectivity index (χ2v) is 11.3. The predicted molar refractivity (Wildman–Crippen MR) is 101 cm³/mol. The van der Waals surface area contributed by atoms with Crippen LogP contribution in [0, 0.1) is 6.92 Å². The molecule has 0 amide bonds. The van der Waals surface area contributed by atoms with E-state index in [1.807, 2.05) is 0 Å². The molecular formula is C11H18N5O12P3. The highest BCUT2D eigenvalue weighted by molar-refractivity contribution is 7.68. The fourth-order valence-corrected chi connectivity index (χ4v) is 6.44. The van der Waals surface area contributed by atoms with Crippen molar-refractivity contribution in [1.82, 2.24) is 9.55 Å². The zero-order valence-electron chi connectivity index (χ0n) is 15.6. The van der Waals surface area contributed by atoms with Gasteiger partial charge in [-0.3, -0.25) is 18.9 Å². The number of aromatic amines is 1. The first-order chi connectivity index (χ1) is 14.1. The Labute approximate surface area is 172 Å². The summed E-state index contributed by atoms with van der Waals surface area (Å²) in [6, 6.07) is -0.915. The summed E-state index contributed by atoms with van der Waals surface area (Å²) in [7, 11) is -16.0. The van der Waals surface area contributed by atoms with Gasteiger partial charge >= 0.3 is 28.9 Å². The summed E-state index contributed by atoms with van der Waals surface area (Å²) >= 11 is 0. The fourth-order valence-electron chi connectivity index (χ4n) is 2.78. The summed E-state index contributed by atoms with van der Waals surface area (Å²) in [5, 5.41) is 3.50. The highest BCUT2D eigenvalue weighted by Gasteiger charge is 2.42. The van der Waals surface area contributed by atoms with Crippen LogP contribution in [-0.2, 0) is 27.1 Å². The molecule has 1 saturated heterocycles. The molecule has 1 aliphatic heterocycles. The number of rotatable bonds is 9. The molecule has 174 valence electrons. The molecule has 17 nitrogen and oxygen atoms in total. The van der Waals surface area contributed by atoms with Crippen molar-refractivity contribution >= 4 is 23.2 Å². The van der Waals surface area contributed by atoms with Crippen LogP contribution in [0.4, 0.5) is 0 Å². The lowest BCUT2D eigenvalue weighted by Gasteiger charge is -2.19. The van der Waals surface area contributed by atoms with E-state index in [1.54, 1.807) is 0 Å². The second kappa shape index (κ2) is 9.49. The van der Waals surface area contributed by atoms with Crippen molar-refractivity contribution in [3.63, 3.8) is 0 Å². The molecule has 1 aromatic heterocycles. The summed E-state index contributed by atoms with van der Waals surface area (Å²) < 4.78 is 48.2. The zero-order chi connectivity index (χ0) is 23.6. The first kappa shape index (κ1) is 25.7.